The summed E-state index contributed by atoms with van der Waals surface area (Å²) in [5.41, 5.74) is 0. The molecule has 0 aromatic carbocycles. The first-order valence-electron chi connectivity index (χ1n) is 9.63. The second kappa shape index (κ2) is 10.9. The van der Waals surface area contributed by atoms with Crippen molar-refractivity contribution in [1.82, 2.24) is 0 Å². The van der Waals surface area contributed by atoms with Crippen LogP contribution >= 0.6 is 0 Å². The van der Waals surface area contributed by atoms with E-state index in [1.807, 2.05) is 0 Å². The van der Waals surface area contributed by atoms with Crippen molar-refractivity contribution in [2.24, 2.45) is 5.92 Å². The van der Waals surface area contributed by atoms with Crippen LogP contribution in [0.15, 0.2) is 0 Å². The molecule has 1 aliphatic carbocycles. The van der Waals surface area contributed by atoms with Gasteiger partial charge in [0.05, 0.1) is 25.6 Å². The molecule has 1 aliphatic rings. The third-order valence-corrected chi connectivity index (χ3v) is 5.59. The Morgan fingerprint density at radius 3 is 2.10 bits per heavy atom. The first-order chi connectivity index (χ1) is 14.2. The summed E-state index contributed by atoms with van der Waals surface area (Å²) >= 11 is 0. The van der Waals surface area contributed by atoms with Crippen LogP contribution < -0.4 is 0 Å². The standard InChI is InChI=1S/C17H25F5O8S/c1-2-3-10-28-14(24)16(17(20,21)22,29-11-9-15(18,19)31(25,26)27)30-13(23)12-7-5-4-6-8-12/h12H,2-11H2,1H3,(H,25,26,27). The van der Waals surface area contributed by atoms with E-state index in [-0.39, 0.29) is 19.3 Å². The zero-order valence-electron chi connectivity index (χ0n) is 16.8. The predicted molar refractivity (Wildman–Crippen MR) is 94.4 cm³/mol. The summed E-state index contributed by atoms with van der Waals surface area (Å²) in [6.07, 6.45) is -4.80. The summed E-state index contributed by atoms with van der Waals surface area (Å²) in [4.78, 5) is 24.6. The van der Waals surface area contributed by atoms with Crippen molar-refractivity contribution in [2.75, 3.05) is 13.2 Å². The van der Waals surface area contributed by atoms with Gasteiger partial charge in [0.15, 0.2) is 0 Å². The minimum Gasteiger partial charge on any atom is -0.461 e. The maximum absolute atomic E-state index is 13.9. The molecule has 0 amide bonds. The molecular weight excluding hydrogens is 459 g/mol. The zero-order chi connectivity index (χ0) is 23.9. The molecule has 0 saturated heterocycles. The Balaban J connectivity index is 3.16. The van der Waals surface area contributed by atoms with Crippen molar-refractivity contribution in [1.29, 1.82) is 0 Å². The number of carbonyl (C=O) groups excluding carboxylic acids is 2. The summed E-state index contributed by atoms with van der Waals surface area (Å²) in [6.45, 7) is -0.534. The van der Waals surface area contributed by atoms with Crippen LogP contribution in [0, 0.1) is 5.92 Å². The van der Waals surface area contributed by atoms with Crippen molar-refractivity contribution >= 4 is 22.1 Å². The van der Waals surface area contributed by atoms with Crippen LogP contribution in [0.1, 0.15) is 58.3 Å². The lowest BCUT2D eigenvalue weighted by molar-refractivity contribution is -0.357. The Morgan fingerprint density at radius 1 is 1.03 bits per heavy atom. The molecule has 0 bridgehead atoms. The lowest BCUT2D eigenvalue weighted by Gasteiger charge is -2.34. The maximum atomic E-state index is 13.9. The van der Waals surface area contributed by atoms with Crippen molar-refractivity contribution in [3.05, 3.63) is 0 Å². The van der Waals surface area contributed by atoms with Crippen molar-refractivity contribution in [2.45, 2.75) is 75.5 Å². The smallest absolute Gasteiger partial charge is 0.461 e. The lowest BCUT2D eigenvalue weighted by Crippen LogP contribution is -2.59. The molecular formula is C17H25F5O8S. The summed E-state index contributed by atoms with van der Waals surface area (Å²) in [5, 5.41) is -4.86. The quantitative estimate of drug-likeness (QED) is 0.156. The van der Waals surface area contributed by atoms with Gasteiger partial charge in [0, 0.05) is 0 Å². The van der Waals surface area contributed by atoms with Crippen molar-refractivity contribution in [3.8, 4) is 0 Å². The number of ether oxygens (including phenoxy) is 3. The topological polar surface area (TPSA) is 116 Å². The van der Waals surface area contributed by atoms with Crippen LogP contribution in [-0.4, -0.2) is 55.3 Å². The summed E-state index contributed by atoms with van der Waals surface area (Å²) in [6, 6.07) is 0. The monoisotopic (exact) mass is 484 g/mol. The third kappa shape index (κ3) is 7.24. The molecule has 0 heterocycles. The Labute approximate surface area is 176 Å². The second-order valence-electron chi connectivity index (χ2n) is 7.07. The third-order valence-electron chi connectivity index (χ3n) is 4.63. The predicted octanol–water partition coefficient (Wildman–Crippen LogP) is 3.60. The van der Waals surface area contributed by atoms with Gasteiger partial charge in [-0.3, -0.25) is 9.35 Å². The van der Waals surface area contributed by atoms with E-state index in [1.165, 1.54) is 0 Å². The highest BCUT2D eigenvalue weighted by Crippen LogP contribution is 2.39. The molecule has 0 radical (unpaired) electrons. The average molecular weight is 484 g/mol. The number of hydrogen-bond acceptors (Lipinski definition) is 7. The highest BCUT2D eigenvalue weighted by molar-refractivity contribution is 7.86. The van der Waals surface area contributed by atoms with E-state index < -0.39 is 64.8 Å². The Hall–Kier alpha value is -1.54. The molecule has 1 unspecified atom stereocenters. The minimum absolute atomic E-state index is 0.164. The van der Waals surface area contributed by atoms with Gasteiger partial charge in [-0.1, -0.05) is 32.6 Å². The largest absolute Gasteiger partial charge is 0.468 e. The fourth-order valence-electron chi connectivity index (χ4n) is 2.80. The van der Waals surface area contributed by atoms with Crippen LogP contribution in [0.25, 0.3) is 0 Å². The molecule has 1 saturated carbocycles. The maximum Gasteiger partial charge on any atom is 0.468 e. The number of hydrogen-bond donors (Lipinski definition) is 1. The van der Waals surface area contributed by atoms with E-state index >= 15 is 0 Å². The number of alkyl halides is 5. The van der Waals surface area contributed by atoms with Gasteiger partial charge in [-0.05, 0) is 19.3 Å². The van der Waals surface area contributed by atoms with Crippen molar-refractivity contribution in [3.63, 3.8) is 0 Å². The number of rotatable bonds is 11. The SMILES string of the molecule is CCCCOC(=O)C(OCCC(F)(F)S(=O)(=O)O)(OC(=O)C1CCCCC1)C(F)(F)F. The van der Waals surface area contributed by atoms with Gasteiger partial charge in [-0.15, -0.1) is 0 Å². The van der Waals surface area contributed by atoms with Crippen LogP contribution in [0.2, 0.25) is 0 Å². The fraction of sp³-hybridized carbons (Fsp3) is 0.882. The van der Waals surface area contributed by atoms with Crippen molar-refractivity contribution < 1.29 is 58.7 Å². The van der Waals surface area contributed by atoms with Gasteiger partial charge in [-0.2, -0.15) is 30.4 Å². The van der Waals surface area contributed by atoms with Gasteiger partial charge in [0.2, 0.25) is 0 Å². The number of carbonyl (C=O) groups is 2. The van der Waals surface area contributed by atoms with E-state index in [9.17, 15) is 40.0 Å². The average Bonchev–Trinajstić information content (AvgIpc) is 2.65. The second-order valence-corrected chi connectivity index (χ2v) is 8.62. The molecule has 31 heavy (non-hydrogen) atoms. The van der Waals surface area contributed by atoms with Crippen LogP contribution in [0.3, 0.4) is 0 Å². The first-order valence-corrected chi connectivity index (χ1v) is 11.1. The molecule has 0 aromatic heterocycles. The summed E-state index contributed by atoms with van der Waals surface area (Å²) in [7, 11) is -5.95. The Bertz CT molecular complexity index is 719. The molecule has 1 atom stereocenters. The van der Waals surface area contributed by atoms with Gasteiger partial charge in [0.25, 0.3) is 0 Å². The Morgan fingerprint density at radius 2 is 1.61 bits per heavy atom. The highest BCUT2D eigenvalue weighted by atomic mass is 32.2. The number of unbranched alkanes of at least 4 members (excludes halogenated alkanes) is 1. The summed E-state index contributed by atoms with van der Waals surface area (Å²) in [5.74, 6) is -8.90. The number of halogens is 5. The molecule has 1 fully saturated rings. The highest BCUT2D eigenvalue weighted by Gasteiger charge is 2.68. The van der Waals surface area contributed by atoms with Gasteiger partial charge in [-0.25, -0.2) is 4.79 Å². The van der Waals surface area contributed by atoms with E-state index in [0.717, 1.165) is 6.42 Å². The minimum atomic E-state index is -5.95. The van der Waals surface area contributed by atoms with E-state index in [0.29, 0.717) is 19.3 Å². The van der Waals surface area contributed by atoms with Crippen LogP contribution in [0.5, 0.6) is 0 Å². The van der Waals surface area contributed by atoms with Gasteiger partial charge >= 0.3 is 39.3 Å². The Kier molecular flexibility index (Phi) is 9.63. The first kappa shape index (κ1) is 27.5. The van der Waals surface area contributed by atoms with Gasteiger partial charge < -0.3 is 14.2 Å². The molecule has 0 spiro atoms. The molecule has 14 heteroatoms. The molecule has 0 aromatic rings. The molecule has 8 nitrogen and oxygen atoms in total. The zero-order valence-corrected chi connectivity index (χ0v) is 17.6. The molecule has 182 valence electrons. The lowest BCUT2D eigenvalue weighted by atomic mass is 9.89. The van der Waals surface area contributed by atoms with Gasteiger partial charge in [0.1, 0.15) is 0 Å². The number of esters is 2. The summed E-state index contributed by atoms with van der Waals surface area (Å²) < 4.78 is 111. The normalized spacial score (nSPS) is 18.3. The van der Waals surface area contributed by atoms with E-state index in [4.69, 9.17) is 4.55 Å². The molecule has 1 N–H and O–H groups in total. The van der Waals surface area contributed by atoms with E-state index in [2.05, 4.69) is 14.2 Å². The fourth-order valence-corrected chi connectivity index (χ4v) is 3.14. The molecule has 1 rings (SSSR count). The van der Waals surface area contributed by atoms with Crippen LogP contribution in [-0.2, 0) is 33.9 Å². The van der Waals surface area contributed by atoms with Crippen LogP contribution in [0.4, 0.5) is 22.0 Å². The molecule has 0 aliphatic heterocycles. The van der Waals surface area contributed by atoms with E-state index in [1.54, 1.807) is 6.92 Å².